The number of hydrogen-bond donors (Lipinski definition) is 1. The SMILES string of the molecule is Cc1noc(-c2ccc(C(=O)N3CCC(C(=O)N[C@@H](C)C4=CC=CCC4)(C4=CC=CCC4)CC3)cc2)n1. The molecule has 1 atom stereocenters. The van der Waals surface area contributed by atoms with E-state index in [1.165, 1.54) is 11.1 Å². The third kappa shape index (κ3) is 5.22. The topological polar surface area (TPSA) is 88.3 Å². The highest BCUT2D eigenvalue weighted by atomic mass is 16.5. The van der Waals surface area contributed by atoms with E-state index in [0.29, 0.717) is 43.2 Å². The van der Waals surface area contributed by atoms with Crippen molar-refractivity contribution >= 4 is 11.8 Å². The van der Waals surface area contributed by atoms with Crippen LogP contribution >= 0.6 is 0 Å². The molecule has 0 bridgehead atoms. The van der Waals surface area contributed by atoms with Crippen molar-refractivity contribution in [3.05, 3.63) is 83.3 Å². The molecule has 0 unspecified atom stereocenters. The number of carbonyl (C=O) groups is 2. The van der Waals surface area contributed by atoms with Crippen molar-refractivity contribution < 1.29 is 14.1 Å². The maximum Gasteiger partial charge on any atom is 0.257 e. The molecule has 0 saturated carbocycles. The Kier molecular flexibility index (Phi) is 7.22. The van der Waals surface area contributed by atoms with Crippen molar-refractivity contribution in [2.45, 2.75) is 58.4 Å². The van der Waals surface area contributed by atoms with Crippen LogP contribution in [0.4, 0.5) is 0 Å². The lowest BCUT2D eigenvalue weighted by Gasteiger charge is -2.43. The van der Waals surface area contributed by atoms with Gasteiger partial charge in [-0.25, -0.2) is 0 Å². The summed E-state index contributed by atoms with van der Waals surface area (Å²) in [5.41, 5.74) is 3.25. The molecule has 37 heavy (non-hydrogen) atoms. The molecule has 1 N–H and O–H groups in total. The molecule has 192 valence electrons. The minimum atomic E-state index is -0.583. The summed E-state index contributed by atoms with van der Waals surface area (Å²) in [5, 5.41) is 7.15. The molecule has 5 rings (SSSR count). The summed E-state index contributed by atoms with van der Waals surface area (Å²) in [6.45, 7) is 4.92. The van der Waals surface area contributed by atoms with Crippen LogP contribution < -0.4 is 5.32 Å². The summed E-state index contributed by atoms with van der Waals surface area (Å²) in [6, 6.07) is 7.26. The molecule has 1 fully saturated rings. The fourth-order valence-corrected chi connectivity index (χ4v) is 5.55. The Bertz CT molecular complexity index is 1270. The third-order valence-electron chi connectivity index (χ3n) is 7.82. The molecule has 7 nitrogen and oxygen atoms in total. The van der Waals surface area contributed by atoms with Crippen LogP contribution in [0.2, 0.25) is 0 Å². The van der Waals surface area contributed by atoms with Gasteiger partial charge in [0.2, 0.25) is 5.91 Å². The summed E-state index contributed by atoms with van der Waals surface area (Å²) in [6.07, 6.45) is 17.7. The van der Waals surface area contributed by atoms with E-state index in [2.05, 4.69) is 58.8 Å². The fraction of sp³-hybridized carbons (Fsp3) is 0.400. The molecule has 7 heteroatoms. The molecule has 2 aliphatic carbocycles. The summed E-state index contributed by atoms with van der Waals surface area (Å²) in [7, 11) is 0. The minimum absolute atomic E-state index is 0.00475. The van der Waals surface area contributed by atoms with Gasteiger partial charge >= 0.3 is 0 Å². The average molecular weight is 499 g/mol. The molecule has 1 saturated heterocycles. The van der Waals surface area contributed by atoms with E-state index in [0.717, 1.165) is 31.2 Å². The van der Waals surface area contributed by atoms with Gasteiger partial charge in [-0.15, -0.1) is 0 Å². The molecular weight excluding hydrogens is 464 g/mol. The van der Waals surface area contributed by atoms with Crippen LogP contribution in [0.1, 0.15) is 61.6 Å². The fourth-order valence-electron chi connectivity index (χ4n) is 5.55. The molecular formula is C30H34N4O3. The van der Waals surface area contributed by atoms with Gasteiger partial charge in [0, 0.05) is 30.3 Å². The van der Waals surface area contributed by atoms with Crippen LogP contribution in [0.25, 0.3) is 11.5 Å². The first-order valence-corrected chi connectivity index (χ1v) is 13.2. The maximum atomic E-state index is 13.8. The highest BCUT2D eigenvalue weighted by Gasteiger charge is 2.45. The standard InChI is InChI=1S/C30H34N4O3/c1-21(23-9-5-3-6-10-23)31-29(36)30(26-11-7-4-8-12-26)17-19-34(20-18-30)28(35)25-15-13-24(14-16-25)27-32-22(2)33-37-27/h3-5,7,9,11,13-16,21H,6,8,10,12,17-20H2,1-2H3,(H,31,36)/t21-/m0/s1. The number of nitrogens with zero attached hydrogens (tertiary/aromatic N) is 3. The van der Waals surface area contributed by atoms with Gasteiger partial charge < -0.3 is 14.7 Å². The summed E-state index contributed by atoms with van der Waals surface area (Å²) in [5.74, 6) is 1.08. The average Bonchev–Trinajstić information content (AvgIpc) is 3.40. The Labute approximate surface area is 218 Å². The third-order valence-corrected chi connectivity index (χ3v) is 7.82. The second-order valence-corrected chi connectivity index (χ2v) is 10.2. The summed E-state index contributed by atoms with van der Waals surface area (Å²) >= 11 is 0. The zero-order chi connectivity index (χ0) is 25.8. The van der Waals surface area contributed by atoms with Crippen molar-refractivity contribution in [3.63, 3.8) is 0 Å². The number of amides is 2. The largest absolute Gasteiger partial charge is 0.349 e. The van der Waals surface area contributed by atoms with Gasteiger partial charge in [0.25, 0.3) is 11.8 Å². The number of rotatable bonds is 6. The first kappa shape index (κ1) is 24.9. The highest BCUT2D eigenvalue weighted by molar-refractivity contribution is 5.95. The van der Waals surface area contributed by atoms with Crippen LogP contribution in [-0.2, 0) is 4.79 Å². The van der Waals surface area contributed by atoms with Gasteiger partial charge in [-0.3, -0.25) is 9.59 Å². The first-order chi connectivity index (χ1) is 18.0. The van der Waals surface area contributed by atoms with Gasteiger partial charge in [-0.1, -0.05) is 47.2 Å². The molecule has 2 heterocycles. The molecule has 0 radical (unpaired) electrons. The first-order valence-electron chi connectivity index (χ1n) is 13.2. The highest BCUT2D eigenvalue weighted by Crippen LogP contribution is 2.43. The van der Waals surface area contributed by atoms with E-state index in [9.17, 15) is 9.59 Å². The summed E-state index contributed by atoms with van der Waals surface area (Å²) in [4.78, 5) is 33.3. The normalized spacial score (nSPS) is 19.7. The number of nitrogens with one attached hydrogen (secondary N) is 1. The van der Waals surface area contributed by atoms with Crippen molar-refractivity contribution in [3.8, 4) is 11.5 Å². The van der Waals surface area contributed by atoms with Crippen molar-refractivity contribution in [2.75, 3.05) is 13.1 Å². The lowest BCUT2D eigenvalue weighted by atomic mass is 9.69. The number of benzene rings is 1. The lowest BCUT2D eigenvalue weighted by Crippen LogP contribution is -2.53. The maximum absolute atomic E-state index is 13.8. The van der Waals surface area contributed by atoms with Gasteiger partial charge in [-0.2, -0.15) is 4.98 Å². The van der Waals surface area contributed by atoms with Crippen LogP contribution in [0.15, 0.2) is 76.4 Å². The number of allylic oxidation sites excluding steroid dienone is 6. The lowest BCUT2D eigenvalue weighted by molar-refractivity contribution is -0.131. The van der Waals surface area contributed by atoms with E-state index >= 15 is 0 Å². The number of aryl methyl sites for hydroxylation is 1. The molecule has 0 spiro atoms. The van der Waals surface area contributed by atoms with E-state index in [1.807, 2.05) is 17.0 Å². The number of piperidine rings is 1. The monoisotopic (exact) mass is 498 g/mol. The Hall–Kier alpha value is -3.74. The molecule has 1 aromatic heterocycles. The molecule has 1 aromatic carbocycles. The Balaban J connectivity index is 1.29. The van der Waals surface area contributed by atoms with E-state index in [4.69, 9.17) is 4.52 Å². The van der Waals surface area contributed by atoms with Crippen molar-refractivity contribution in [2.24, 2.45) is 5.41 Å². The second kappa shape index (κ2) is 10.7. The number of carbonyl (C=O) groups excluding carboxylic acids is 2. The smallest absolute Gasteiger partial charge is 0.257 e. The van der Waals surface area contributed by atoms with E-state index in [1.54, 1.807) is 19.1 Å². The molecule has 3 aliphatic rings. The Morgan fingerprint density at radius 2 is 1.73 bits per heavy atom. The predicted molar refractivity (Wildman–Crippen MR) is 143 cm³/mol. The number of hydrogen-bond acceptors (Lipinski definition) is 5. The Morgan fingerprint density at radius 3 is 2.32 bits per heavy atom. The molecule has 2 amide bonds. The van der Waals surface area contributed by atoms with Crippen molar-refractivity contribution in [1.29, 1.82) is 0 Å². The minimum Gasteiger partial charge on any atom is -0.349 e. The Morgan fingerprint density at radius 1 is 1.03 bits per heavy atom. The molecule has 2 aromatic rings. The van der Waals surface area contributed by atoms with E-state index < -0.39 is 5.41 Å². The van der Waals surface area contributed by atoms with Crippen LogP contribution in [-0.4, -0.2) is 46.0 Å². The van der Waals surface area contributed by atoms with Gasteiger partial charge in [0.1, 0.15) is 0 Å². The van der Waals surface area contributed by atoms with Crippen molar-refractivity contribution in [1.82, 2.24) is 20.4 Å². The predicted octanol–water partition coefficient (Wildman–Crippen LogP) is 5.32. The van der Waals surface area contributed by atoms with Gasteiger partial charge in [-0.05, 0) is 82.2 Å². The van der Waals surface area contributed by atoms with Crippen LogP contribution in [0, 0.1) is 12.3 Å². The van der Waals surface area contributed by atoms with E-state index in [-0.39, 0.29) is 17.9 Å². The van der Waals surface area contributed by atoms with Gasteiger partial charge in [0.15, 0.2) is 5.82 Å². The van der Waals surface area contributed by atoms with Crippen LogP contribution in [0.5, 0.6) is 0 Å². The quantitative estimate of drug-likeness (QED) is 0.582. The molecule has 1 aliphatic heterocycles. The zero-order valence-electron chi connectivity index (χ0n) is 21.6. The second-order valence-electron chi connectivity index (χ2n) is 10.2. The van der Waals surface area contributed by atoms with Crippen LogP contribution in [0.3, 0.4) is 0 Å². The number of likely N-dealkylation sites (tertiary alicyclic amines) is 1. The van der Waals surface area contributed by atoms with Gasteiger partial charge in [0.05, 0.1) is 5.41 Å². The zero-order valence-corrected chi connectivity index (χ0v) is 21.6. The number of aromatic nitrogens is 2. The summed E-state index contributed by atoms with van der Waals surface area (Å²) < 4.78 is 5.22.